The van der Waals surface area contributed by atoms with Crippen molar-refractivity contribution in [3.63, 3.8) is 0 Å². The first kappa shape index (κ1) is 6.05. The van der Waals surface area contributed by atoms with E-state index in [9.17, 15) is 0 Å². The van der Waals surface area contributed by atoms with Crippen molar-refractivity contribution < 1.29 is 0 Å². The first-order valence-corrected chi connectivity index (χ1v) is 2.14. The highest BCUT2D eigenvalue weighted by molar-refractivity contribution is 4.92. The fourth-order valence-electron chi connectivity index (χ4n) is 0.222. The Labute approximate surface area is 44.0 Å². The van der Waals surface area contributed by atoms with Crippen LogP contribution in [0.1, 0.15) is 13.3 Å². The molecular formula is C6H7N. The van der Waals surface area contributed by atoms with Crippen LogP contribution in [0.25, 0.3) is 0 Å². The van der Waals surface area contributed by atoms with E-state index in [0.717, 1.165) is 0 Å². The lowest BCUT2D eigenvalue weighted by Crippen LogP contribution is -1.83. The van der Waals surface area contributed by atoms with E-state index >= 15 is 0 Å². The van der Waals surface area contributed by atoms with Gasteiger partial charge in [0.2, 0.25) is 0 Å². The van der Waals surface area contributed by atoms with E-state index in [1.54, 1.807) is 6.92 Å². The molecule has 0 aliphatic carbocycles. The minimum Gasteiger partial charge on any atom is -0.198 e. The molecule has 1 unspecified atom stereocenters. The van der Waals surface area contributed by atoms with Crippen LogP contribution in [0.4, 0.5) is 0 Å². The average molecular weight is 93.1 g/mol. The molecule has 0 fully saturated rings. The molecule has 0 aromatic rings. The third kappa shape index (κ3) is 2.86. The molecule has 0 aliphatic rings. The first-order chi connectivity index (χ1) is 3.31. The van der Waals surface area contributed by atoms with Crippen LogP contribution in [0.15, 0.2) is 0 Å². The van der Waals surface area contributed by atoms with Crippen molar-refractivity contribution in [2.24, 2.45) is 5.92 Å². The van der Waals surface area contributed by atoms with E-state index in [2.05, 4.69) is 5.92 Å². The Morgan fingerprint density at radius 2 is 2.43 bits per heavy atom. The predicted octanol–water partition coefficient (Wildman–Crippen LogP) is 1.17. The summed E-state index contributed by atoms with van der Waals surface area (Å²) in [4.78, 5) is 0. The Kier molecular flexibility index (Phi) is 2.81. The molecule has 0 rings (SSSR count). The standard InChI is InChI=1S/C6H7N/c1-3-4-6(2)5-7/h1,6H,4H2,2H3. The van der Waals surface area contributed by atoms with Crippen molar-refractivity contribution in [2.45, 2.75) is 13.3 Å². The maximum absolute atomic E-state index is 8.12. The second-order valence-corrected chi connectivity index (χ2v) is 1.44. The molecule has 1 atom stereocenters. The average Bonchev–Trinajstić information content (AvgIpc) is 1.68. The molecule has 0 saturated heterocycles. The Morgan fingerprint density at radius 1 is 1.86 bits per heavy atom. The molecule has 1 nitrogen and oxygen atoms in total. The lowest BCUT2D eigenvalue weighted by Gasteiger charge is -1.87. The second kappa shape index (κ2) is 3.25. The zero-order valence-corrected chi connectivity index (χ0v) is 4.31. The van der Waals surface area contributed by atoms with Gasteiger partial charge in [0.25, 0.3) is 0 Å². The van der Waals surface area contributed by atoms with Gasteiger partial charge in [-0.2, -0.15) is 5.26 Å². The zero-order valence-electron chi connectivity index (χ0n) is 4.31. The van der Waals surface area contributed by atoms with Crippen LogP contribution >= 0.6 is 0 Å². The third-order valence-electron chi connectivity index (χ3n) is 0.644. The minimum atomic E-state index is 0.0185. The number of rotatable bonds is 1. The number of terminal acetylenes is 1. The molecule has 0 N–H and O–H groups in total. The molecule has 0 spiro atoms. The first-order valence-electron chi connectivity index (χ1n) is 2.14. The summed E-state index contributed by atoms with van der Waals surface area (Å²) in [5, 5.41) is 8.12. The molecule has 0 amide bonds. The normalized spacial score (nSPS) is 11.3. The van der Waals surface area contributed by atoms with Crippen LogP contribution in [-0.2, 0) is 0 Å². The van der Waals surface area contributed by atoms with Gasteiger partial charge in [0.1, 0.15) is 0 Å². The molecule has 0 radical (unpaired) electrons. The second-order valence-electron chi connectivity index (χ2n) is 1.44. The van der Waals surface area contributed by atoms with Gasteiger partial charge in [-0.1, -0.05) is 0 Å². The van der Waals surface area contributed by atoms with Gasteiger partial charge in [0.05, 0.1) is 12.0 Å². The summed E-state index contributed by atoms with van der Waals surface area (Å²) in [6.07, 6.45) is 5.47. The van der Waals surface area contributed by atoms with Gasteiger partial charge in [-0.3, -0.25) is 0 Å². The summed E-state index contributed by atoms with van der Waals surface area (Å²) in [6, 6.07) is 2.02. The van der Waals surface area contributed by atoms with E-state index < -0.39 is 0 Å². The smallest absolute Gasteiger partial charge is 0.0662 e. The molecule has 0 aliphatic heterocycles. The number of nitrogens with zero attached hydrogens (tertiary/aromatic N) is 1. The van der Waals surface area contributed by atoms with Gasteiger partial charge in [0.15, 0.2) is 0 Å². The van der Waals surface area contributed by atoms with E-state index in [0.29, 0.717) is 6.42 Å². The maximum Gasteiger partial charge on any atom is 0.0662 e. The van der Waals surface area contributed by atoms with Crippen molar-refractivity contribution in [3.8, 4) is 18.4 Å². The Morgan fingerprint density at radius 3 is 2.57 bits per heavy atom. The lowest BCUT2D eigenvalue weighted by molar-refractivity contribution is 0.776. The van der Waals surface area contributed by atoms with Crippen LogP contribution in [0, 0.1) is 29.6 Å². The molecule has 1 heteroatoms. The van der Waals surface area contributed by atoms with Crippen molar-refractivity contribution in [1.82, 2.24) is 0 Å². The quantitative estimate of drug-likeness (QED) is 0.446. The Hall–Kier alpha value is -0.950. The SMILES string of the molecule is C#CCC(C)C#N. The van der Waals surface area contributed by atoms with Crippen LogP contribution in [0.5, 0.6) is 0 Å². The summed E-state index contributed by atoms with van der Waals surface area (Å²) < 4.78 is 0. The van der Waals surface area contributed by atoms with E-state index in [4.69, 9.17) is 11.7 Å². The van der Waals surface area contributed by atoms with Gasteiger partial charge in [0, 0.05) is 6.42 Å². The summed E-state index contributed by atoms with van der Waals surface area (Å²) in [5.74, 6) is 2.41. The number of hydrogen-bond acceptors (Lipinski definition) is 1. The van der Waals surface area contributed by atoms with Crippen molar-refractivity contribution >= 4 is 0 Å². The number of hydrogen-bond donors (Lipinski definition) is 0. The van der Waals surface area contributed by atoms with Gasteiger partial charge < -0.3 is 0 Å². The Balaban J connectivity index is 3.27. The highest BCUT2D eigenvalue weighted by atomic mass is 14.2. The van der Waals surface area contributed by atoms with E-state index in [-0.39, 0.29) is 5.92 Å². The zero-order chi connectivity index (χ0) is 5.70. The van der Waals surface area contributed by atoms with Crippen molar-refractivity contribution in [3.05, 3.63) is 0 Å². The summed E-state index contributed by atoms with van der Waals surface area (Å²) in [6.45, 7) is 1.81. The molecule has 7 heavy (non-hydrogen) atoms. The van der Waals surface area contributed by atoms with E-state index in [1.807, 2.05) is 6.07 Å². The molecule has 0 bridgehead atoms. The van der Waals surface area contributed by atoms with Crippen LogP contribution in [0.3, 0.4) is 0 Å². The van der Waals surface area contributed by atoms with Gasteiger partial charge in [-0.15, -0.1) is 12.3 Å². The molecule has 0 aromatic heterocycles. The number of nitriles is 1. The van der Waals surface area contributed by atoms with Crippen molar-refractivity contribution in [1.29, 1.82) is 5.26 Å². The van der Waals surface area contributed by atoms with Crippen LogP contribution in [-0.4, -0.2) is 0 Å². The highest BCUT2D eigenvalue weighted by Crippen LogP contribution is 1.94. The maximum atomic E-state index is 8.12. The third-order valence-corrected chi connectivity index (χ3v) is 0.644. The largest absolute Gasteiger partial charge is 0.198 e. The summed E-state index contributed by atoms with van der Waals surface area (Å²) in [7, 11) is 0. The van der Waals surface area contributed by atoms with Gasteiger partial charge >= 0.3 is 0 Å². The van der Waals surface area contributed by atoms with Gasteiger partial charge in [-0.05, 0) is 6.92 Å². The Bertz CT molecular complexity index is 113. The van der Waals surface area contributed by atoms with Gasteiger partial charge in [-0.25, -0.2) is 0 Å². The fourth-order valence-corrected chi connectivity index (χ4v) is 0.222. The molecular weight excluding hydrogens is 86.1 g/mol. The topological polar surface area (TPSA) is 23.8 Å². The molecule has 36 valence electrons. The molecule has 0 heterocycles. The molecule has 0 aromatic carbocycles. The molecule has 0 saturated carbocycles. The van der Waals surface area contributed by atoms with Crippen LogP contribution < -0.4 is 0 Å². The predicted molar refractivity (Wildman–Crippen MR) is 28.2 cm³/mol. The van der Waals surface area contributed by atoms with Crippen molar-refractivity contribution in [2.75, 3.05) is 0 Å². The fraction of sp³-hybridized carbons (Fsp3) is 0.500. The monoisotopic (exact) mass is 93.1 g/mol. The van der Waals surface area contributed by atoms with E-state index in [1.165, 1.54) is 0 Å². The summed E-state index contributed by atoms with van der Waals surface area (Å²) in [5.41, 5.74) is 0. The lowest BCUT2D eigenvalue weighted by atomic mass is 10.1. The highest BCUT2D eigenvalue weighted by Gasteiger charge is 1.91. The van der Waals surface area contributed by atoms with Crippen LogP contribution in [0.2, 0.25) is 0 Å². The minimum absolute atomic E-state index is 0.0185. The summed E-state index contributed by atoms with van der Waals surface area (Å²) >= 11 is 0.